The topological polar surface area (TPSA) is 52.6 Å². The van der Waals surface area contributed by atoms with Crippen molar-refractivity contribution in [3.8, 4) is 0 Å². The fourth-order valence-corrected chi connectivity index (χ4v) is 3.40. The zero-order valence-corrected chi connectivity index (χ0v) is 12.1. The van der Waals surface area contributed by atoms with Gasteiger partial charge in [-0.3, -0.25) is 4.79 Å². The lowest BCUT2D eigenvalue weighted by Crippen LogP contribution is -2.44. The van der Waals surface area contributed by atoms with Crippen LogP contribution in [-0.2, 0) is 4.79 Å². The van der Waals surface area contributed by atoms with Gasteiger partial charge in [0.2, 0.25) is 0 Å². The van der Waals surface area contributed by atoms with Crippen LogP contribution in [0.2, 0.25) is 0 Å². The van der Waals surface area contributed by atoms with Gasteiger partial charge in [-0.1, -0.05) is 6.92 Å². The van der Waals surface area contributed by atoms with Crippen LogP contribution in [0.3, 0.4) is 0 Å². The van der Waals surface area contributed by atoms with Crippen LogP contribution in [0.25, 0.3) is 0 Å². The highest BCUT2D eigenvalue weighted by molar-refractivity contribution is 5.69. The minimum atomic E-state index is -0.599. The molecule has 19 heavy (non-hydrogen) atoms. The zero-order valence-electron chi connectivity index (χ0n) is 12.1. The first-order valence-corrected chi connectivity index (χ1v) is 7.87. The highest BCUT2D eigenvalue weighted by Gasteiger charge is 2.26. The van der Waals surface area contributed by atoms with Crippen LogP contribution >= 0.6 is 0 Å². The summed E-state index contributed by atoms with van der Waals surface area (Å²) >= 11 is 0. The maximum absolute atomic E-state index is 10.9. The first kappa shape index (κ1) is 14.8. The minimum absolute atomic E-state index is 0.0796. The second-order valence-corrected chi connectivity index (χ2v) is 6.17. The van der Waals surface area contributed by atoms with Crippen LogP contribution in [0.15, 0.2) is 0 Å². The van der Waals surface area contributed by atoms with Gasteiger partial charge in [-0.05, 0) is 70.6 Å². The van der Waals surface area contributed by atoms with E-state index < -0.39 is 5.97 Å². The Balaban J connectivity index is 1.61. The van der Waals surface area contributed by atoms with Crippen molar-refractivity contribution in [3.63, 3.8) is 0 Å². The van der Waals surface area contributed by atoms with E-state index in [9.17, 15) is 4.79 Å². The number of rotatable bonds is 5. The Morgan fingerprint density at radius 3 is 2.32 bits per heavy atom. The maximum atomic E-state index is 10.9. The van der Waals surface area contributed by atoms with Crippen molar-refractivity contribution in [1.82, 2.24) is 10.2 Å². The van der Waals surface area contributed by atoms with E-state index in [1.165, 1.54) is 32.5 Å². The molecule has 0 aromatic rings. The van der Waals surface area contributed by atoms with Gasteiger partial charge in [0.05, 0.1) is 5.92 Å². The van der Waals surface area contributed by atoms with E-state index in [-0.39, 0.29) is 5.92 Å². The predicted molar refractivity (Wildman–Crippen MR) is 76.2 cm³/mol. The molecular weight excluding hydrogens is 240 g/mol. The molecule has 1 heterocycles. The summed E-state index contributed by atoms with van der Waals surface area (Å²) in [6, 6.07) is 0.681. The molecule has 0 spiro atoms. The van der Waals surface area contributed by atoms with Gasteiger partial charge in [0, 0.05) is 6.04 Å². The van der Waals surface area contributed by atoms with E-state index in [0.717, 1.165) is 32.2 Å². The molecule has 1 saturated carbocycles. The van der Waals surface area contributed by atoms with Crippen molar-refractivity contribution in [3.05, 3.63) is 0 Å². The van der Waals surface area contributed by atoms with Crippen molar-refractivity contribution in [2.24, 2.45) is 11.8 Å². The van der Waals surface area contributed by atoms with E-state index in [1.54, 1.807) is 0 Å². The lowest BCUT2D eigenvalue weighted by atomic mass is 9.82. The van der Waals surface area contributed by atoms with E-state index >= 15 is 0 Å². The number of hydrogen-bond donors (Lipinski definition) is 2. The van der Waals surface area contributed by atoms with Gasteiger partial charge in [0.15, 0.2) is 0 Å². The van der Waals surface area contributed by atoms with Crippen LogP contribution in [-0.4, -0.2) is 48.2 Å². The SMILES string of the molecule is CCN1CCC(NCC2CCC(C(=O)O)CC2)CC1. The summed E-state index contributed by atoms with van der Waals surface area (Å²) in [7, 11) is 0. The van der Waals surface area contributed by atoms with Gasteiger partial charge >= 0.3 is 5.97 Å². The molecule has 0 aromatic heterocycles. The van der Waals surface area contributed by atoms with Crippen molar-refractivity contribution >= 4 is 5.97 Å². The Hall–Kier alpha value is -0.610. The molecule has 1 aliphatic carbocycles. The monoisotopic (exact) mass is 268 g/mol. The Morgan fingerprint density at radius 1 is 1.16 bits per heavy atom. The van der Waals surface area contributed by atoms with Crippen molar-refractivity contribution in [1.29, 1.82) is 0 Å². The predicted octanol–water partition coefficient (Wildman–Crippen LogP) is 1.95. The van der Waals surface area contributed by atoms with Gasteiger partial charge < -0.3 is 15.3 Å². The van der Waals surface area contributed by atoms with E-state index in [2.05, 4.69) is 17.1 Å². The summed E-state index contributed by atoms with van der Waals surface area (Å²) < 4.78 is 0. The summed E-state index contributed by atoms with van der Waals surface area (Å²) in [4.78, 5) is 13.4. The van der Waals surface area contributed by atoms with Gasteiger partial charge in [-0.15, -0.1) is 0 Å². The van der Waals surface area contributed by atoms with Crippen molar-refractivity contribution < 1.29 is 9.90 Å². The number of piperidine rings is 1. The second-order valence-electron chi connectivity index (χ2n) is 6.17. The number of nitrogens with zero attached hydrogens (tertiary/aromatic N) is 1. The molecule has 4 heteroatoms. The number of carboxylic acid groups (broad SMARTS) is 1. The third-order valence-electron chi connectivity index (χ3n) is 4.93. The van der Waals surface area contributed by atoms with Crippen LogP contribution in [0, 0.1) is 11.8 Å². The molecule has 0 unspecified atom stereocenters. The number of hydrogen-bond acceptors (Lipinski definition) is 3. The summed E-state index contributed by atoms with van der Waals surface area (Å²) in [5.41, 5.74) is 0. The third-order valence-corrected chi connectivity index (χ3v) is 4.93. The number of carbonyl (C=O) groups is 1. The molecule has 2 aliphatic rings. The number of likely N-dealkylation sites (tertiary alicyclic amines) is 1. The van der Waals surface area contributed by atoms with Crippen LogP contribution in [0.5, 0.6) is 0 Å². The maximum Gasteiger partial charge on any atom is 0.306 e. The lowest BCUT2D eigenvalue weighted by molar-refractivity contribution is -0.143. The first-order chi connectivity index (χ1) is 9.19. The van der Waals surface area contributed by atoms with Gasteiger partial charge in [0.1, 0.15) is 0 Å². The molecule has 4 nitrogen and oxygen atoms in total. The van der Waals surface area contributed by atoms with Crippen LogP contribution < -0.4 is 5.32 Å². The van der Waals surface area contributed by atoms with Gasteiger partial charge in [0.25, 0.3) is 0 Å². The highest BCUT2D eigenvalue weighted by atomic mass is 16.4. The second kappa shape index (κ2) is 7.25. The fourth-order valence-electron chi connectivity index (χ4n) is 3.40. The number of nitrogens with one attached hydrogen (secondary N) is 1. The van der Waals surface area contributed by atoms with Crippen LogP contribution in [0.1, 0.15) is 45.4 Å². The summed E-state index contributed by atoms with van der Waals surface area (Å²) in [5.74, 6) is 0.0159. The molecule has 110 valence electrons. The molecule has 0 atom stereocenters. The smallest absolute Gasteiger partial charge is 0.306 e. The molecule has 0 amide bonds. The van der Waals surface area contributed by atoms with Gasteiger partial charge in [-0.2, -0.15) is 0 Å². The van der Waals surface area contributed by atoms with E-state index in [4.69, 9.17) is 5.11 Å². The molecule has 2 rings (SSSR count). The normalized spacial score (nSPS) is 30.4. The van der Waals surface area contributed by atoms with E-state index in [1.807, 2.05) is 0 Å². The number of aliphatic carboxylic acids is 1. The first-order valence-electron chi connectivity index (χ1n) is 7.87. The quantitative estimate of drug-likeness (QED) is 0.800. The summed E-state index contributed by atoms with van der Waals surface area (Å²) in [5, 5.41) is 12.7. The Bertz CT molecular complexity index is 280. The molecule has 2 fully saturated rings. The zero-order chi connectivity index (χ0) is 13.7. The summed E-state index contributed by atoms with van der Waals surface area (Å²) in [6.45, 7) is 6.93. The Morgan fingerprint density at radius 2 is 1.79 bits per heavy atom. The van der Waals surface area contributed by atoms with Crippen molar-refractivity contribution in [2.75, 3.05) is 26.2 Å². The fraction of sp³-hybridized carbons (Fsp3) is 0.933. The van der Waals surface area contributed by atoms with E-state index in [0.29, 0.717) is 12.0 Å². The third kappa shape index (κ3) is 4.46. The molecule has 1 saturated heterocycles. The lowest BCUT2D eigenvalue weighted by Gasteiger charge is -2.33. The Labute approximate surface area is 116 Å². The molecule has 0 bridgehead atoms. The summed E-state index contributed by atoms with van der Waals surface area (Å²) in [6.07, 6.45) is 6.43. The molecule has 0 radical (unpaired) electrons. The standard InChI is InChI=1S/C15H28N2O2/c1-2-17-9-7-14(8-10-17)16-11-12-3-5-13(6-4-12)15(18)19/h12-14,16H,2-11H2,1H3,(H,18,19). The Kier molecular flexibility index (Phi) is 5.64. The molecule has 2 N–H and O–H groups in total. The molecular formula is C15H28N2O2. The number of carboxylic acids is 1. The highest BCUT2D eigenvalue weighted by Crippen LogP contribution is 2.28. The minimum Gasteiger partial charge on any atom is -0.481 e. The van der Waals surface area contributed by atoms with Crippen LogP contribution in [0.4, 0.5) is 0 Å². The molecule has 0 aromatic carbocycles. The van der Waals surface area contributed by atoms with Gasteiger partial charge in [-0.25, -0.2) is 0 Å². The van der Waals surface area contributed by atoms with Crippen molar-refractivity contribution in [2.45, 2.75) is 51.5 Å². The average Bonchev–Trinajstić information content (AvgIpc) is 2.46. The largest absolute Gasteiger partial charge is 0.481 e. The average molecular weight is 268 g/mol. The molecule has 1 aliphatic heterocycles.